The van der Waals surface area contributed by atoms with E-state index in [1.165, 1.54) is 0 Å². The van der Waals surface area contributed by atoms with Crippen LogP contribution in [0.25, 0.3) is 0 Å². The largest absolute Gasteiger partial charge is 0.412 e. The summed E-state index contributed by atoms with van der Waals surface area (Å²) in [5.74, 6) is 0.503. The van der Waals surface area contributed by atoms with E-state index in [2.05, 4.69) is 5.32 Å². The molecule has 0 bridgehead atoms. The van der Waals surface area contributed by atoms with Crippen molar-refractivity contribution in [1.29, 1.82) is 0 Å². The van der Waals surface area contributed by atoms with Crippen LogP contribution in [-0.4, -0.2) is 23.3 Å². The summed E-state index contributed by atoms with van der Waals surface area (Å²) in [5.41, 5.74) is -0.778. The molecule has 4 heteroatoms. The summed E-state index contributed by atoms with van der Waals surface area (Å²) in [6.07, 6.45) is -0.0212. The van der Waals surface area contributed by atoms with E-state index in [0.717, 1.165) is 0 Å². The van der Waals surface area contributed by atoms with Gasteiger partial charge in [0.2, 0.25) is 0 Å². The molecule has 0 atom stereocenters. The zero-order valence-electron chi connectivity index (χ0n) is 9.56. The summed E-state index contributed by atoms with van der Waals surface area (Å²) in [5, 5.41) is 12.0. The maximum absolute atomic E-state index is 11.3. The van der Waals surface area contributed by atoms with Crippen molar-refractivity contribution in [3.05, 3.63) is 30.3 Å². The highest BCUT2D eigenvalue weighted by Gasteiger charge is 2.12. The van der Waals surface area contributed by atoms with Crippen LogP contribution in [0.1, 0.15) is 20.3 Å². The van der Waals surface area contributed by atoms with Crippen LogP contribution in [0.15, 0.2) is 30.3 Å². The number of benzene rings is 1. The van der Waals surface area contributed by atoms with Gasteiger partial charge in [-0.2, -0.15) is 0 Å². The van der Waals surface area contributed by atoms with Gasteiger partial charge in [-0.3, -0.25) is 0 Å². The lowest BCUT2D eigenvalue weighted by atomic mass is 10.1. The third-order valence-electron chi connectivity index (χ3n) is 1.96. The molecule has 1 aromatic rings. The van der Waals surface area contributed by atoms with E-state index in [9.17, 15) is 9.90 Å². The molecule has 0 aliphatic heterocycles. The number of aliphatic hydroxyl groups is 1. The molecule has 16 heavy (non-hydrogen) atoms. The lowest BCUT2D eigenvalue weighted by Crippen LogP contribution is -2.32. The molecule has 1 amide bonds. The standard InChI is InChI=1S/C12H17NO3/c1-12(2,15)8-9-13-11(14)16-10-6-4-3-5-7-10/h3-7,15H,8-9H2,1-2H3,(H,13,14). The molecule has 0 unspecified atom stereocenters. The van der Waals surface area contributed by atoms with E-state index in [1.807, 2.05) is 6.07 Å². The molecule has 0 fully saturated rings. The van der Waals surface area contributed by atoms with Crippen LogP contribution in [0.3, 0.4) is 0 Å². The average Bonchev–Trinajstić information content (AvgIpc) is 2.17. The highest BCUT2D eigenvalue weighted by Crippen LogP contribution is 2.08. The van der Waals surface area contributed by atoms with Gasteiger partial charge in [0.1, 0.15) is 5.75 Å². The van der Waals surface area contributed by atoms with E-state index in [-0.39, 0.29) is 0 Å². The summed E-state index contributed by atoms with van der Waals surface area (Å²) >= 11 is 0. The molecule has 0 aliphatic rings. The fraction of sp³-hybridized carbons (Fsp3) is 0.417. The zero-order valence-corrected chi connectivity index (χ0v) is 9.56. The molecular weight excluding hydrogens is 206 g/mol. The van der Waals surface area contributed by atoms with Crippen molar-refractivity contribution in [2.24, 2.45) is 0 Å². The summed E-state index contributed by atoms with van der Waals surface area (Å²) in [6.45, 7) is 3.77. The zero-order chi connectivity index (χ0) is 12.0. The number of nitrogens with one attached hydrogen (secondary N) is 1. The second-order valence-corrected chi connectivity index (χ2v) is 4.19. The molecule has 0 radical (unpaired) electrons. The fourth-order valence-electron chi connectivity index (χ4n) is 1.10. The van der Waals surface area contributed by atoms with Crippen molar-refractivity contribution in [3.8, 4) is 5.75 Å². The maximum atomic E-state index is 11.3. The minimum atomic E-state index is -0.778. The Morgan fingerprint density at radius 2 is 2.00 bits per heavy atom. The van der Waals surface area contributed by atoms with Crippen molar-refractivity contribution in [2.75, 3.05) is 6.54 Å². The molecule has 1 rings (SSSR count). The van der Waals surface area contributed by atoms with Gasteiger partial charge in [0.25, 0.3) is 0 Å². The monoisotopic (exact) mass is 223 g/mol. The molecule has 0 saturated carbocycles. The van der Waals surface area contributed by atoms with Crippen LogP contribution in [-0.2, 0) is 0 Å². The number of hydrogen-bond donors (Lipinski definition) is 2. The van der Waals surface area contributed by atoms with Gasteiger partial charge in [-0.1, -0.05) is 18.2 Å². The summed E-state index contributed by atoms with van der Waals surface area (Å²) in [6, 6.07) is 8.84. The van der Waals surface area contributed by atoms with Crippen LogP contribution in [0.5, 0.6) is 5.75 Å². The van der Waals surface area contributed by atoms with E-state index in [1.54, 1.807) is 38.1 Å². The third kappa shape index (κ3) is 5.36. The Hall–Kier alpha value is -1.55. The molecular formula is C12H17NO3. The summed E-state index contributed by atoms with van der Waals surface area (Å²) in [7, 11) is 0. The van der Waals surface area contributed by atoms with Gasteiger partial charge in [0, 0.05) is 6.54 Å². The number of rotatable bonds is 4. The Balaban J connectivity index is 2.27. The summed E-state index contributed by atoms with van der Waals surface area (Å²) < 4.78 is 5.00. The van der Waals surface area contributed by atoms with Crippen LogP contribution in [0.2, 0.25) is 0 Å². The van der Waals surface area contributed by atoms with Crippen molar-refractivity contribution in [1.82, 2.24) is 5.32 Å². The SMILES string of the molecule is CC(C)(O)CCNC(=O)Oc1ccccc1. The van der Waals surface area contributed by atoms with Gasteiger partial charge in [-0.05, 0) is 32.4 Å². The molecule has 0 spiro atoms. The van der Waals surface area contributed by atoms with E-state index >= 15 is 0 Å². The lowest BCUT2D eigenvalue weighted by molar-refractivity contribution is 0.0714. The Labute approximate surface area is 95.2 Å². The minimum absolute atomic E-state index is 0.384. The fourth-order valence-corrected chi connectivity index (χ4v) is 1.10. The molecule has 0 aliphatic carbocycles. The summed E-state index contributed by atoms with van der Waals surface area (Å²) in [4.78, 5) is 11.3. The number of carbonyl (C=O) groups is 1. The first-order chi connectivity index (χ1) is 7.47. The Bertz CT molecular complexity index is 330. The number of amides is 1. The highest BCUT2D eigenvalue weighted by atomic mass is 16.6. The molecule has 0 heterocycles. The average molecular weight is 223 g/mol. The predicted molar refractivity (Wildman–Crippen MR) is 61.4 cm³/mol. The molecule has 88 valence electrons. The second kappa shape index (κ2) is 5.51. The number of carbonyl (C=O) groups excluding carboxylic acids is 1. The first-order valence-corrected chi connectivity index (χ1v) is 5.20. The van der Waals surface area contributed by atoms with E-state index < -0.39 is 11.7 Å². The van der Waals surface area contributed by atoms with Crippen molar-refractivity contribution in [3.63, 3.8) is 0 Å². The van der Waals surface area contributed by atoms with E-state index in [0.29, 0.717) is 18.7 Å². The van der Waals surface area contributed by atoms with Gasteiger partial charge in [-0.25, -0.2) is 4.79 Å². The first kappa shape index (κ1) is 12.5. The van der Waals surface area contributed by atoms with Gasteiger partial charge in [0.15, 0.2) is 0 Å². The Morgan fingerprint density at radius 3 is 2.56 bits per heavy atom. The minimum Gasteiger partial charge on any atom is -0.410 e. The molecule has 0 saturated heterocycles. The Morgan fingerprint density at radius 1 is 1.38 bits per heavy atom. The highest BCUT2D eigenvalue weighted by molar-refractivity contribution is 5.70. The van der Waals surface area contributed by atoms with Crippen molar-refractivity contribution >= 4 is 6.09 Å². The normalized spacial score (nSPS) is 10.9. The molecule has 1 aromatic carbocycles. The lowest BCUT2D eigenvalue weighted by Gasteiger charge is -2.16. The van der Waals surface area contributed by atoms with Crippen LogP contribution < -0.4 is 10.1 Å². The number of para-hydroxylation sites is 1. The topological polar surface area (TPSA) is 58.6 Å². The van der Waals surface area contributed by atoms with Crippen LogP contribution in [0.4, 0.5) is 4.79 Å². The third-order valence-corrected chi connectivity index (χ3v) is 1.96. The molecule has 2 N–H and O–H groups in total. The van der Waals surface area contributed by atoms with Crippen molar-refractivity contribution < 1.29 is 14.6 Å². The molecule has 4 nitrogen and oxygen atoms in total. The maximum Gasteiger partial charge on any atom is 0.412 e. The predicted octanol–water partition coefficient (Wildman–Crippen LogP) is 1.94. The van der Waals surface area contributed by atoms with Gasteiger partial charge >= 0.3 is 6.09 Å². The molecule has 0 aromatic heterocycles. The first-order valence-electron chi connectivity index (χ1n) is 5.20. The van der Waals surface area contributed by atoms with E-state index in [4.69, 9.17) is 4.74 Å². The quantitative estimate of drug-likeness (QED) is 0.820. The van der Waals surface area contributed by atoms with Gasteiger partial charge < -0.3 is 15.2 Å². The van der Waals surface area contributed by atoms with Crippen LogP contribution in [0, 0.1) is 0 Å². The van der Waals surface area contributed by atoms with Gasteiger partial charge in [-0.15, -0.1) is 0 Å². The van der Waals surface area contributed by atoms with Crippen molar-refractivity contribution in [2.45, 2.75) is 25.9 Å². The number of ether oxygens (including phenoxy) is 1. The second-order valence-electron chi connectivity index (χ2n) is 4.19. The van der Waals surface area contributed by atoms with Crippen LogP contribution >= 0.6 is 0 Å². The number of hydrogen-bond acceptors (Lipinski definition) is 3. The Kier molecular flexibility index (Phi) is 4.31. The van der Waals surface area contributed by atoms with Gasteiger partial charge in [0.05, 0.1) is 5.60 Å². The smallest absolute Gasteiger partial charge is 0.410 e.